The zero-order chi connectivity index (χ0) is 18.7. The summed E-state index contributed by atoms with van der Waals surface area (Å²) in [6, 6.07) is 8.91. The maximum atomic E-state index is 12.5. The third-order valence-corrected chi connectivity index (χ3v) is 4.47. The van der Waals surface area contributed by atoms with Crippen LogP contribution in [0.15, 0.2) is 59.5 Å². The second-order valence-electron chi connectivity index (χ2n) is 4.92. The Morgan fingerprint density at radius 2 is 1.56 bits per heavy atom. The van der Waals surface area contributed by atoms with E-state index in [1.54, 1.807) is 0 Å². The largest absolute Gasteiger partial charge is 0.478 e. The zero-order valence-corrected chi connectivity index (χ0v) is 13.3. The standard InChI is InChI=1S/C16H12F3NO4S/c17-16(18,19)12-4-6-13(7-5-12)20-25(23,24)14-8-1-11(2-9-14)3-10-15(21)22/h1-10,20H,(H,21,22). The molecule has 0 bridgehead atoms. The molecule has 9 heteroatoms. The van der Waals surface area contributed by atoms with Crippen molar-refractivity contribution in [1.82, 2.24) is 0 Å². The molecular weight excluding hydrogens is 359 g/mol. The van der Waals surface area contributed by atoms with Crippen molar-refractivity contribution in [3.63, 3.8) is 0 Å². The van der Waals surface area contributed by atoms with Gasteiger partial charge in [-0.2, -0.15) is 13.2 Å². The minimum atomic E-state index is -4.50. The van der Waals surface area contributed by atoms with E-state index >= 15 is 0 Å². The van der Waals surface area contributed by atoms with Gasteiger partial charge >= 0.3 is 12.1 Å². The van der Waals surface area contributed by atoms with E-state index < -0.39 is 27.7 Å². The van der Waals surface area contributed by atoms with Gasteiger partial charge in [-0.25, -0.2) is 13.2 Å². The van der Waals surface area contributed by atoms with Gasteiger partial charge in [0.05, 0.1) is 10.5 Å². The molecule has 0 aliphatic heterocycles. The topological polar surface area (TPSA) is 83.5 Å². The second-order valence-corrected chi connectivity index (χ2v) is 6.60. The van der Waals surface area contributed by atoms with Gasteiger partial charge in [-0.1, -0.05) is 12.1 Å². The number of hydrogen-bond acceptors (Lipinski definition) is 3. The predicted molar refractivity (Wildman–Crippen MR) is 85.4 cm³/mol. The Labute approximate surface area is 141 Å². The van der Waals surface area contributed by atoms with Crippen LogP contribution in [0, 0.1) is 0 Å². The summed E-state index contributed by atoms with van der Waals surface area (Å²) < 4.78 is 64.1. The van der Waals surface area contributed by atoms with Gasteiger partial charge in [0, 0.05) is 11.8 Å². The Bertz CT molecular complexity index is 886. The molecule has 0 aliphatic rings. The molecule has 5 nitrogen and oxygen atoms in total. The summed E-state index contributed by atoms with van der Waals surface area (Å²) in [6.07, 6.45) is -2.30. The van der Waals surface area contributed by atoms with Crippen molar-refractivity contribution in [2.75, 3.05) is 4.72 Å². The van der Waals surface area contributed by atoms with E-state index in [1.165, 1.54) is 30.3 Å². The quantitative estimate of drug-likeness (QED) is 0.787. The smallest absolute Gasteiger partial charge is 0.416 e. The Morgan fingerprint density at radius 1 is 1.00 bits per heavy atom. The van der Waals surface area contributed by atoms with Crippen molar-refractivity contribution >= 4 is 27.8 Å². The van der Waals surface area contributed by atoms with Gasteiger partial charge in [0.15, 0.2) is 0 Å². The number of carboxylic acid groups (broad SMARTS) is 1. The van der Waals surface area contributed by atoms with Crippen LogP contribution < -0.4 is 4.72 Å². The van der Waals surface area contributed by atoms with Gasteiger partial charge in [-0.3, -0.25) is 4.72 Å². The lowest BCUT2D eigenvalue weighted by Crippen LogP contribution is -2.13. The highest BCUT2D eigenvalue weighted by atomic mass is 32.2. The van der Waals surface area contributed by atoms with E-state index in [0.29, 0.717) is 5.56 Å². The third kappa shape index (κ3) is 5.08. The molecule has 0 spiro atoms. The van der Waals surface area contributed by atoms with Crippen LogP contribution in [0.25, 0.3) is 6.08 Å². The summed E-state index contributed by atoms with van der Waals surface area (Å²) in [4.78, 5) is 10.3. The molecule has 0 unspecified atom stereocenters. The molecule has 0 aromatic heterocycles. The van der Waals surface area contributed by atoms with E-state index in [0.717, 1.165) is 30.3 Å². The zero-order valence-electron chi connectivity index (χ0n) is 12.5. The second kappa shape index (κ2) is 6.98. The first-order chi connectivity index (χ1) is 11.6. The number of benzene rings is 2. The lowest BCUT2D eigenvalue weighted by atomic mass is 10.2. The molecule has 2 N–H and O–H groups in total. The summed E-state index contributed by atoms with van der Waals surface area (Å²) in [5.41, 5.74) is -0.413. The number of halogens is 3. The number of anilines is 1. The number of rotatable bonds is 5. The molecule has 0 fully saturated rings. The van der Waals surface area contributed by atoms with Crippen molar-refractivity contribution < 1.29 is 31.5 Å². The van der Waals surface area contributed by atoms with Crippen LogP contribution >= 0.6 is 0 Å². The maximum absolute atomic E-state index is 12.5. The average Bonchev–Trinajstić information content (AvgIpc) is 2.52. The molecule has 0 aliphatic carbocycles. The normalized spacial score (nSPS) is 12.3. The van der Waals surface area contributed by atoms with E-state index in [2.05, 4.69) is 4.72 Å². The number of nitrogens with one attached hydrogen (secondary N) is 1. The van der Waals surface area contributed by atoms with E-state index in [4.69, 9.17) is 5.11 Å². The molecule has 25 heavy (non-hydrogen) atoms. The number of aliphatic carboxylic acids is 1. The minimum absolute atomic E-state index is 0.0113. The van der Waals surface area contributed by atoms with Gasteiger partial charge in [-0.05, 0) is 48.0 Å². The Balaban J connectivity index is 2.17. The first-order valence-corrected chi connectivity index (χ1v) is 8.27. The summed E-state index contributed by atoms with van der Waals surface area (Å²) >= 11 is 0. The van der Waals surface area contributed by atoms with Crippen LogP contribution in [0.3, 0.4) is 0 Å². The highest BCUT2D eigenvalue weighted by Gasteiger charge is 2.30. The van der Waals surface area contributed by atoms with Crippen molar-refractivity contribution in [2.24, 2.45) is 0 Å². The van der Waals surface area contributed by atoms with Crippen molar-refractivity contribution in [3.05, 3.63) is 65.7 Å². The molecule has 0 radical (unpaired) electrons. The van der Waals surface area contributed by atoms with E-state index in [9.17, 15) is 26.4 Å². The molecule has 2 aromatic carbocycles. The fourth-order valence-corrected chi connectivity index (χ4v) is 2.93. The SMILES string of the molecule is O=C(O)C=Cc1ccc(S(=O)(=O)Nc2ccc(C(F)(F)F)cc2)cc1. The Morgan fingerprint density at radius 3 is 2.04 bits per heavy atom. The molecule has 132 valence electrons. The van der Waals surface area contributed by atoms with Gasteiger partial charge in [0.2, 0.25) is 0 Å². The van der Waals surface area contributed by atoms with E-state index in [-0.39, 0.29) is 10.6 Å². The summed E-state index contributed by atoms with van der Waals surface area (Å²) in [6.45, 7) is 0. The lowest BCUT2D eigenvalue weighted by molar-refractivity contribution is -0.137. The molecular formula is C16H12F3NO4S. The minimum Gasteiger partial charge on any atom is -0.478 e. The number of carbonyl (C=O) groups is 1. The molecule has 0 amide bonds. The van der Waals surface area contributed by atoms with Crippen molar-refractivity contribution in [2.45, 2.75) is 11.1 Å². The summed E-state index contributed by atoms with van der Waals surface area (Å²) in [5.74, 6) is -1.14. The number of hydrogen-bond donors (Lipinski definition) is 2. The average molecular weight is 371 g/mol. The predicted octanol–water partition coefficient (Wildman–Crippen LogP) is 3.60. The van der Waals surface area contributed by atoms with Gasteiger partial charge in [-0.15, -0.1) is 0 Å². The first-order valence-electron chi connectivity index (χ1n) is 6.79. The van der Waals surface area contributed by atoms with Gasteiger partial charge < -0.3 is 5.11 Å². The number of alkyl halides is 3. The lowest BCUT2D eigenvalue weighted by Gasteiger charge is -2.10. The highest BCUT2D eigenvalue weighted by molar-refractivity contribution is 7.92. The van der Waals surface area contributed by atoms with Gasteiger partial charge in [0.25, 0.3) is 10.0 Å². The number of sulfonamides is 1. The fraction of sp³-hybridized carbons (Fsp3) is 0.0625. The van der Waals surface area contributed by atoms with Crippen LogP contribution in [0.5, 0.6) is 0 Å². The highest BCUT2D eigenvalue weighted by Crippen LogP contribution is 2.30. The van der Waals surface area contributed by atoms with E-state index in [1.807, 2.05) is 0 Å². The Kier molecular flexibility index (Phi) is 5.17. The van der Waals surface area contributed by atoms with Crippen molar-refractivity contribution in [1.29, 1.82) is 0 Å². The summed E-state index contributed by atoms with van der Waals surface area (Å²) in [7, 11) is -3.98. The maximum Gasteiger partial charge on any atom is 0.416 e. The number of carboxylic acids is 1. The molecule has 2 rings (SSSR count). The molecule has 0 atom stereocenters. The molecule has 2 aromatic rings. The summed E-state index contributed by atoms with van der Waals surface area (Å²) in [5, 5.41) is 8.53. The molecule has 0 saturated carbocycles. The van der Waals surface area contributed by atoms with Crippen LogP contribution in [-0.2, 0) is 21.0 Å². The molecule has 0 saturated heterocycles. The van der Waals surface area contributed by atoms with Crippen LogP contribution in [-0.4, -0.2) is 19.5 Å². The van der Waals surface area contributed by atoms with Crippen molar-refractivity contribution in [3.8, 4) is 0 Å². The fourth-order valence-electron chi connectivity index (χ4n) is 1.87. The third-order valence-electron chi connectivity index (χ3n) is 3.07. The Hall–Kier alpha value is -2.81. The van der Waals surface area contributed by atoms with Crippen LogP contribution in [0.1, 0.15) is 11.1 Å². The first kappa shape index (κ1) is 18.5. The van der Waals surface area contributed by atoms with Gasteiger partial charge in [0.1, 0.15) is 0 Å². The monoisotopic (exact) mass is 371 g/mol. The molecule has 0 heterocycles. The van der Waals surface area contributed by atoms with Crippen LogP contribution in [0.2, 0.25) is 0 Å². The van der Waals surface area contributed by atoms with Crippen LogP contribution in [0.4, 0.5) is 18.9 Å².